The van der Waals surface area contributed by atoms with Gasteiger partial charge in [-0.15, -0.1) is 5.10 Å². The van der Waals surface area contributed by atoms with Gasteiger partial charge in [-0.05, 0) is 17.7 Å². The molecule has 0 amide bonds. The lowest BCUT2D eigenvalue weighted by Crippen LogP contribution is -2.12. The zero-order valence-corrected chi connectivity index (χ0v) is 6.94. The fraction of sp³-hybridized carbons (Fsp3) is 0.125. The van der Waals surface area contributed by atoms with Gasteiger partial charge in [0, 0.05) is 12.6 Å². The van der Waals surface area contributed by atoms with Crippen molar-refractivity contribution in [3.8, 4) is 0 Å². The van der Waals surface area contributed by atoms with Crippen LogP contribution >= 0.6 is 0 Å². The molecular weight excluding hydrogens is 166 g/mol. The van der Waals surface area contributed by atoms with Crippen LogP contribution in [0.4, 0.5) is 0 Å². The van der Waals surface area contributed by atoms with Crippen LogP contribution in [0.3, 0.4) is 0 Å². The second-order valence-electron chi connectivity index (χ2n) is 2.84. The molecule has 0 aliphatic rings. The van der Waals surface area contributed by atoms with Gasteiger partial charge in [0.15, 0.2) is 0 Å². The van der Waals surface area contributed by atoms with Crippen LogP contribution in [0.15, 0.2) is 24.5 Å². The second kappa shape index (κ2) is 2.85. The van der Waals surface area contributed by atoms with Crippen molar-refractivity contribution >= 4 is 11.4 Å². The molecule has 0 saturated heterocycles. The number of nitrogens with zero attached hydrogens (tertiary/aromatic N) is 3. The zero-order chi connectivity index (χ0) is 9.26. The molecule has 2 heterocycles. The standard InChI is InChI=1S/C8H9N5/c9-8(10)4-6-1-2-13-7(3-6)5-11-12-13/h1-3,5H,4H2,(H3,9,10). The van der Waals surface area contributed by atoms with Crippen LogP contribution in [-0.4, -0.2) is 20.7 Å². The molecule has 0 bridgehead atoms. The molecule has 5 nitrogen and oxygen atoms in total. The molecule has 3 N–H and O–H groups in total. The molecule has 0 saturated carbocycles. The van der Waals surface area contributed by atoms with E-state index in [1.165, 1.54) is 0 Å². The van der Waals surface area contributed by atoms with Crippen LogP contribution in [0.1, 0.15) is 5.56 Å². The summed E-state index contributed by atoms with van der Waals surface area (Å²) in [6, 6.07) is 3.80. The monoisotopic (exact) mass is 175 g/mol. The summed E-state index contributed by atoms with van der Waals surface area (Å²) in [4.78, 5) is 0. The Kier molecular flexibility index (Phi) is 1.70. The Labute approximate surface area is 74.7 Å². The van der Waals surface area contributed by atoms with Crippen LogP contribution in [0.2, 0.25) is 0 Å². The smallest absolute Gasteiger partial charge is 0.0950 e. The Bertz CT molecular complexity index is 444. The van der Waals surface area contributed by atoms with E-state index >= 15 is 0 Å². The number of rotatable bonds is 2. The van der Waals surface area contributed by atoms with E-state index in [1.807, 2.05) is 12.1 Å². The number of nitrogens with one attached hydrogen (secondary N) is 1. The van der Waals surface area contributed by atoms with Crippen LogP contribution in [0.5, 0.6) is 0 Å². The van der Waals surface area contributed by atoms with Crippen LogP contribution in [0, 0.1) is 5.41 Å². The predicted molar refractivity (Wildman–Crippen MR) is 48.6 cm³/mol. The van der Waals surface area contributed by atoms with Gasteiger partial charge in [-0.3, -0.25) is 5.41 Å². The predicted octanol–water partition coefficient (Wildman–Crippen LogP) is 0.208. The van der Waals surface area contributed by atoms with Crippen molar-refractivity contribution < 1.29 is 0 Å². The Morgan fingerprint density at radius 2 is 2.46 bits per heavy atom. The van der Waals surface area contributed by atoms with Gasteiger partial charge in [-0.25, -0.2) is 4.52 Å². The molecule has 0 spiro atoms. The van der Waals surface area contributed by atoms with Crippen LogP contribution in [-0.2, 0) is 6.42 Å². The van der Waals surface area contributed by atoms with Crippen molar-refractivity contribution in [3.63, 3.8) is 0 Å². The van der Waals surface area contributed by atoms with E-state index in [-0.39, 0.29) is 5.84 Å². The molecule has 66 valence electrons. The zero-order valence-electron chi connectivity index (χ0n) is 6.94. The molecule has 0 radical (unpaired) electrons. The number of aromatic nitrogens is 3. The maximum Gasteiger partial charge on any atom is 0.0950 e. The highest BCUT2D eigenvalue weighted by Gasteiger charge is 1.98. The molecule has 2 rings (SSSR count). The van der Waals surface area contributed by atoms with E-state index < -0.39 is 0 Å². The van der Waals surface area contributed by atoms with Gasteiger partial charge in [0.2, 0.25) is 0 Å². The van der Waals surface area contributed by atoms with E-state index in [1.54, 1.807) is 16.9 Å². The maximum absolute atomic E-state index is 7.14. The summed E-state index contributed by atoms with van der Waals surface area (Å²) in [5.74, 6) is 0.164. The third-order valence-electron chi connectivity index (χ3n) is 1.76. The minimum atomic E-state index is 0.164. The number of hydrogen-bond donors (Lipinski definition) is 2. The highest BCUT2D eigenvalue weighted by molar-refractivity contribution is 5.79. The third-order valence-corrected chi connectivity index (χ3v) is 1.76. The lowest BCUT2D eigenvalue weighted by atomic mass is 10.2. The fourth-order valence-electron chi connectivity index (χ4n) is 1.20. The van der Waals surface area contributed by atoms with Crippen molar-refractivity contribution in [2.24, 2.45) is 5.73 Å². The Morgan fingerprint density at radius 3 is 3.23 bits per heavy atom. The van der Waals surface area contributed by atoms with Crippen molar-refractivity contribution in [2.45, 2.75) is 6.42 Å². The summed E-state index contributed by atoms with van der Waals surface area (Å²) >= 11 is 0. The van der Waals surface area contributed by atoms with E-state index in [4.69, 9.17) is 11.1 Å². The first-order valence-corrected chi connectivity index (χ1v) is 3.87. The normalized spacial score (nSPS) is 10.5. The largest absolute Gasteiger partial charge is 0.387 e. The van der Waals surface area contributed by atoms with Gasteiger partial charge < -0.3 is 5.73 Å². The summed E-state index contributed by atoms with van der Waals surface area (Å²) in [7, 11) is 0. The van der Waals surface area contributed by atoms with Crippen LogP contribution in [0.25, 0.3) is 5.52 Å². The van der Waals surface area contributed by atoms with Crippen LogP contribution < -0.4 is 5.73 Å². The van der Waals surface area contributed by atoms with E-state index in [0.29, 0.717) is 6.42 Å². The van der Waals surface area contributed by atoms with E-state index in [2.05, 4.69) is 10.3 Å². The summed E-state index contributed by atoms with van der Waals surface area (Å²) in [6.07, 6.45) is 3.95. The van der Waals surface area contributed by atoms with Gasteiger partial charge in [-0.1, -0.05) is 5.21 Å². The average Bonchev–Trinajstić information content (AvgIpc) is 2.49. The third kappa shape index (κ3) is 1.48. The fourth-order valence-corrected chi connectivity index (χ4v) is 1.20. The first kappa shape index (κ1) is 7.72. The van der Waals surface area contributed by atoms with Crippen molar-refractivity contribution in [1.82, 2.24) is 14.8 Å². The quantitative estimate of drug-likeness (QED) is 0.505. The van der Waals surface area contributed by atoms with E-state index in [0.717, 1.165) is 11.1 Å². The molecular formula is C8H9N5. The molecule has 2 aromatic rings. The van der Waals surface area contributed by atoms with Crippen molar-refractivity contribution in [2.75, 3.05) is 0 Å². The number of fused-ring (bicyclic) bond motifs is 1. The second-order valence-corrected chi connectivity index (χ2v) is 2.84. The Balaban J connectivity index is 2.42. The molecule has 0 atom stereocenters. The molecule has 0 aromatic carbocycles. The summed E-state index contributed by atoms with van der Waals surface area (Å²) in [5.41, 5.74) is 7.21. The number of hydrogen-bond acceptors (Lipinski definition) is 3. The average molecular weight is 175 g/mol. The molecule has 0 fully saturated rings. The number of nitrogens with two attached hydrogens (primary N) is 1. The van der Waals surface area contributed by atoms with Gasteiger partial charge in [-0.2, -0.15) is 0 Å². The highest BCUT2D eigenvalue weighted by atomic mass is 15.4. The topological polar surface area (TPSA) is 80.1 Å². The first-order valence-electron chi connectivity index (χ1n) is 3.87. The Hall–Kier alpha value is -1.91. The molecule has 5 heteroatoms. The highest BCUT2D eigenvalue weighted by Crippen LogP contribution is 2.05. The molecule has 0 aliphatic heterocycles. The minimum absolute atomic E-state index is 0.164. The van der Waals surface area contributed by atoms with Gasteiger partial charge >= 0.3 is 0 Å². The van der Waals surface area contributed by atoms with E-state index in [9.17, 15) is 0 Å². The van der Waals surface area contributed by atoms with Crippen molar-refractivity contribution in [3.05, 3.63) is 30.1 Å². The lowest BCUT2D eigenvalue weighted by Gasteiger charge is -1.98. The minimum Gasteiger partial charge on any atom is -0.387 e. The van der Waals surface area contributed by atoms with Gasteiger partial charge in [0.05, 0.1) is 17.5 Å². The Morgan fingerprint density at radius 1 is 1.62 bits per heavy atom. The number of pyridine rings is 1. The van der Waals surface area contributed by atoms with Gasteiger partial charge in [0.25, 0.3) is 0 Å². The summed E-state index contributed by atoms with van der Waals surface area (Å²) < 4.78 is 1.67. The SMILES string of the molecule is N=C(N)Cc1ccn2nncc2c1. The molecule has 0 unspecified atom stereocenters. The molecule has 2 aromatic heterocycles. The number of amidine groups is 1. The molecule has 13 heavy (non-hydrogen) atoms. The summed E-state index contributed by atoms with van der Waals surface area (Å²) in [5, 5.41) is 14.7. The maximum atomic E-state index is 7.14. The molecule has 0 aliphatic carbocycles. The first-order chi connectivity index (χ1) is 6.25. The van der Waals surface area contributed by atoms with Crippen molar-refractivity contribution in [1.29, 1.82) is 5.41 Å². The van der Waals surface area contributed by atoms with Gasteiger partial charge in [0.1, 0.15) is 0 Å². The lowest BCUT2D eigenvalue weighted by molar-refractivity contribution is 0.853. The summed E-state index contributed by atoms with van der Waals surface area (Å²) in [6.45, 7) is 0.